The first-order valence-corrected chi connectivity index (χ1v) is 7.04. The number of anilines is 1. The number of fused-ring (bicyclic) bond motifs is 1. The van der Waals surface area contributed by atoms with E-state index in [1.807, 2.05) is 18.2 Å². The summed E-state index contributed by atoms with van der Waals surface area (Å²) in [7, 11) is 0. The summed E-state index contributed by atoms with van der Waals surface area (Å²) < 4.78 is 5.29. The van der Waals surface area contributed by atoms with Crippen molar-refractivity contribution in [3.8, 4) is 12.3 Å². The zero-order chi connectivity index (χ0) is 16.2. The summed E-state index contributed by atoms with van der Waals surface area (Å²) in [4.78, 5) is 26.2. The van der Waals surface area contributed by atoms with E-state index in [1.54, 1.807) is 42.5 Å². The van der Waals surface area contributed by atoms with Gasteiger partial charge in [-0.15, -0.1) is 6.42 Å². The van der Waals surface area contributed by atoms with Crippen LogP contribution in [0.2, 0.25) is 0 Å². The standard InChI is InChI=1S/C19H13NO3/c1-2-12-20(18(21)14-8-4-3-5-9-14)16-13-15-10-6-7-11-17(15)23-19(16)22/h1,3-11,13H,12H2. The third-order valence-electron chi connectivity index (χ3n) is 3.43. The third kappa shape index (κ3) is 2.85. The fraction of sp³-hybridized carbons (Fsp3) is 0.0526. The number of rotatable bonds is 3. The van der Waals surface area contributed by atoms with Crippen LogP contribution >= 0.6 is 0 Å². The van der Waals surface area contributed by atoms with E-state index < -0.39 is 5.63 Å². The molecular weight excluding hydrogens is 290 g/mol. The Morgan fingerprint density at radius 3 is 2.52 bits per heavy atom. The molecule has 112 valence electrons. The van der Waals surface area contributed by atoms with E-state index in [2.05, 4.69) is 5.92 Å². The van der Waals surface area contributed by atoms with Crippen molar-refractivity contribution < 1.29 is 9.21 Å². The first-order valence-electron chi connectivity index (χ1n) is 7.04. The highest BCUT2D eigenvalue weighted by molar-refractivity contribution is 6.06. The predicted molar refractivity (Wildman–Crippen MR) is 89.4 cm³/mol. The van der Waals surface area contributed by atoms with E-state index in [4.69, 9.17) is 10.8 Å². The number of para-hydroxylation sites is 1. The molecule has 4 heteroatoms. The van der Waals surface area contributed by atoms with Gasteiger partial charge in [-0.1, -0.05) is 42.3 Å². The smallest absolute Gasteiger partial charge is 0.360 e. The van der Waals surface area contributed by atoms with Crippen molar-refractivity contribution in [2.24, 2.45) is 0 Å². The van der Waals surface area contributed by atoms with Gasteiger partial charge in [-0.05, 0) is 24.3 Å². The second kappa shape index (κ2) is 6.20. The van der Waals surface area contributed by atoms with Gasteiger partial charge in [-0.2, -0.15) is 0 Å². The van der Waals surface area contributed by atoms with Crippen LogP contribution < -0.4 is 10.5 Å². The van der Waals surface area contributed by atoms with Gasteiger partial charge in [-0.3, -0.25) is 9.69 Å². The van der Waals surface area contributed by atoms with E-state index >= 15 is 0 Å². The number of amides is 1. The van der Waals surface area contributed by atoms with E-state index in [0.29, 0.717) is 11.1 Å². The lowest BCUT2D eigenvalue weighted by molar-refractivity contribution is 0.0989. The van der Waals surface area contributed by atoms with Crippen LogP contribution in [-0.2, 0) is 0 Å². The number of hydrogen-bond acceptors (Lipinski definition) is 3. The molecule has 23 heavy (non-hydrogen) atoms. The zero-order valence-electron chi connectivity index (χ0n) is 12.2. The number of benzene rings is 2. The lowest BCUT2D eigenvalue weighted by atomic mass is 10.1. The van der Waals surface area contributed by atoms with Crippen LogP contribution in [0.25, 0.3) is 11.0 Å². The molecule has 0 bridgehead atoms. The normalized spacial score (nSPS) is 10.2. The predicted octanol–water partition coefficient (Wildman–Crippen LogP) is 3.07. The average molecular weight is 303 g/mol. The van der Waals surface area contributed by atoms with Crippen molar-refractivity contribution in [2.75, 3.05) is 11.4 Å². The van der Waals surface area contributed by atoms with Crippen LogP contribution in [0.15, 0.2) is 69.9 Å². The quantitative estimate of drug-likeness (QED) is 0.552. The Kier molecular flexibility index (Phi) is 3.94. The van der Waals surface area contributed by atoms with Crippen LogP contribution in [0.1, 0.15) is 10.4 Å². The van der Waals surface area contributed by atoms with Gasteiger partial charge >= 0.3 is 5.63 Å². The Bertz CT molecular complexity index is 952. The molecule has 0 fully saturated rings. The van der Waals surface area contributed by atoms with Gasteiger partial charge < -0.3 is 4.42 Å². The van der Waals surface area contributed by atoms with Crippen LogP contribution in [-0.4, -0.2) is 12.5 Å². The summed E-state index contributed by atoms with van der Waals surface area (Å²) in [6.07, 6.45) is 5.37. The highest BCUT2D eigenvalue weighted by atomic mass is 16.4. The maximum absolute atomic E-state index is 12.7. The molecule has 4 nitrogen and oxygen atoms in total. The van der Waals surface area contributed by atoms with Gasteiger partial charge in [0.25, 0.3) is 5.91 Å². The first-order chi connectivity index (χ1) is 11.2. The molecule has 0 atom stereocenters. The maximum Gasteiger partial charge on any atom is 0.360 e. The topological polar surface area (TPSA) is 50.5 Å². The molecule has 0 saturated heterocycles. The largest absolute Gasteiger partial charge is 0.421 e. The molecule has 1 heterocycles. The van der Waals surface area contributed by atoms with Gasteiger partial charge in [0.15, 0.2) is 0 Å². The van der Waals surface area contributed by atoms with Gasteiger partial charge in [0.1, 0.15) is 11.3 Å². The molecule has 3 aromatic rings. The van der Waals surface area contributed by atoms with Gasteiger partial charge in [0.2, 0.25) is 0 Å². The van der Waals surface area contributed by atoms with E-state index in [1.165, 1.54) is 4.90 Å². The first kappa shape index (κ1) is 14.6. The zero-order valence-corrected chi connectivity index (χ0v) is 12.2. The Morgan fingerprint density at radius 1 is 1.09 bits per heavy atom. The molecule has 0 radical (unpaired) electrons. The second-order valence-corrected chi connectivity index (χ2v) is 4.92. The molecule has 0 saturated carbocycles. The molecule has 0 spiro atoms. The number of carbonyl (C=O) groups is 1. The van der Waals surface area contributed by atoms with Gasteiger partial charge in [-0.25, -0.2) is 4.79 Å². The molecule has 0 aliphatic carbocycles. The average Bonchev–Trinajstić information content (AvgIpc) is 2.59. The summed E-state index contributed by atoms with van der Waals surface area (Å²) in [6.45, 7) is -0.0170. The summed E-state index contributed by atoms with van der Waals surface area (Å²) in [5, 5.41) is 0.727. The fourth-order valence-corrected chi connectivity index (χ4v) is 2.33. The van der Waals surface area contributed by atoms with Gasteiger partial charge in [0.05, 0.1) is 6.54 Å². The van der Waals surface area contributed by atoms with Crippen molar-refractivity contribution in [1.82, 2.24) is 0 Å². The van der Waals surface area contributed by atoms with Crippen molar-refractivity contribution in [3.05, 3.63) is 76.6 Å². The third-order valence-corrected chi connectivity index (χ3v) is 3.43. The summed E-state index contributed by atoms with van der Waals surface area (Å²) in [5.41, 5.74) is 0.461. The summed E-state index contributed by atoms with van der Waals surface area (Å²) >= 11 is 0. The minimum absolute atomic E-state index is 0.0170. The number of terminal acetylenes is 1. The minimum Gasteiger partial charge on any atom is -0.421 e. The Balaban J connectivity index is 2.12. The molecule has 1 aromatic heterocycles. The fourth-order valence-electron chi connectivity index (χ4n) is 2.33. The van der Waals surface area contributed by atoms with Crippen LogP contribution in [0.5, 0.6) is 0 Å². The number of hydrogen-bond donors (Lipinski definition) is 0. The molecular formula is C19H13NO3. The van der Waals surface area contributed by atoms with Crippen molar-refractivity contribution >= 4 is 22.6 Å². The van der Waals surface area contributed by atoms with Crippen LogP contribution in [0, 0.1) is 12.3 Å². The summed E-state index contributed by atoms with van der Waals surface area (Å²) in [6, 6.07) is 17.4. The van der Waals surface area contributed by atoms with Crippen LogP contribution in [0.3, 0.4) is 0 Å². The number of carbonyl (C=O) groups excluding carboxylic acids is 1. The van der Waals surface area contributed by atoms with E-state index in [9.17, 15) is 9.59 Å². The van der Waals surface area contributed by atoms with E-state index in [-0.39, 0.29) is 18.1 Å². The molecule has 0 aliphatic heterocycles. The van der Waals surface area contributed by atoms with Crippen LogP contribution in [0.4, 0.5) is 5.69 Å². The maximum atomic E-state index is 12.7. The van der Waals surface area contributed by atoms with E-state index in [0.717, 1.165) is 5.39 Å². The number of nitrogens with zero attached hydrogens (tertiary/aromatic N) is 1. The second-order valence-electron chi connectivity index (χ2n) is 4.92. The SMILES string of the molecule is C#CCN(C(=O)c1ccccc1)c1cc2ccccc2oc1=O. The highest BCUT2D eigenvalue weighted by Gasteiger charge is 2.20. The monoisotopic (exact) mass is 303 g/mol. The van der Waals surface area contributed by atoms with Crippen molar-refractivity contribution in [1.29, 1.82) is 0 Å². The Hall–Kier alpha value is -3.32. The summed E-state index contributed by atoms with van der Waals surface area (Å²) in [5.74, 6) is 2.08. The molecule has 2 aromatic carbocycles. The minimum atomic E-state index is -0.594. The molecule has 0 N–H and O–H groups in total. The molecule has 3 rings (SSSR count). The van der Waals surface area contributed by atoms with Crippen molar-refractivity contribution in [2.45, 2.75) is 0 Å². The lowest BCUT2D eigenvalue weighted by Gasteiger charge is -2.19. The highest BCUT2D eigenvalue weighted by Crippen LogP contribution is 2.19. The molecule has 1 amide bonds. The van der Waals surface area contributed by atoms with Crippen molar-refractivity contribution in [3.63, 3.8) is 0 Å². The molecule has 0 unspecified atom stereocenters. The molecule has 0 aliphatic rings. The van der Waals surface area contributed by atoms with Gasteiger partial charge in [0, 0.05) is 10.9 Å². The Morgan fingerprint density at radius 2 is 1.78 bits per heavy atom. The lowest BCUT2D eigenvalue weighted by Crippen LogP contribution is -2.34. The Labute approximate surface area is 133 Å².